The van der Waals surface area contributed by atoms with Crippen molar-refractivity contribution in [3.63, 3.8) is 0 Å². The van der Waals surface area contributed by atoms with Crippen LogP contribution in [0.4, 0.5) is 0 Å². The number of aromatic nitrogens is 1. The second kappa shape index (κ2) is 6.03. The molecule has 0 aliphatic carbocycles. The van der Waals surface area contributed by atoms with Crippen LogP contribution in [0.15, 0.2) is 35.3 Å². The summed E-state index contributed by atoms with van der Waals surface area (Å²) in [7, 11) is 1.21. The molecular weight excluding hydrogens is 305 g/mol. The van der Waals surface area contributed by atoms with E-state index in [1.807, 2.05) is 52.0 Å². The van der Waals surface area contributed by atoms with Gasteiger partial charge in [0.25, 0.3) is 5.56 Å². The van der Waals surface area contributed by atoms with Gasteiger partial charge in [-0.25, -0.2) is 0 Å². The largest absolute Gasteiger partial charge is 0.494 e. The number of hydrogen-bond donors (Lipinski definition) is 0. The first kappa shape index (κ1) is 17.2. The van der Waals surface area contributed by atoms with Gasteiger partial charge in [0.2, 0.25) is 0 Å². The average molecular weight is 329 g/mol. The highest BCUT2D eigenvalue weighted by molar-refractivity contribution is 6.62. The van der Waals surface area contributed by atoms with Crippen LogP contribution in [0.25, 0.3) is 10.8 Å². The van der Waals surface area contributed by atoms with Gasteiger partial charge in [-0.05, 0) is 50.7 Å². The lowest BCUT2D eigenvalue weighted by atomic mass is 9.78. The molecule has 0 radical (unpaired) electrons. The van der Waals surface area contributed by atoms with Gasteiger partial charge in [0.05, 0.1) is 17.8 Å². The van der Waals surface area contributed by atoms with Gasteiger partial charge in [0.15, 0.2) is 0 Å². The smallest absolute Gasteiger partial charge is 0.399 e. The minimum atomic E-state index is -0.421. The van der Waals surface area contributed by atoms with Crippen LogP contribution in [0.2, 0.25) is 0 Å². The summed E-state index contributed by atoms with van der Waals surface area (Å²) in [4.78, 5) is 12.5. The molecule has 0 unspecified atom stereocenters. The summed E-state index contributed by atoms with van der Waals surface area (Å²) < 4.78 is 18.9. The van der Waals surface area contributed by atoms with Crippen LogP contribution in [0, 0.1) is 0 Å². The zero-order valence-corrected chi connectivity index (χ0v) is 15.0. The van der Waals surface area contributed by atoms with E-state index in [0.717, 1.165) is 10.8 Å². The van der Waals surface area contributed by atoms with Gasteiger partial charge < -0.3 is 18.6 Å². The molecule has 1 saturated heterocycles. The summed E-state index contributed by atoms with van der Waals surface area (Å²) >= 11 is 0. The van der Waals surface area contributed by atoms with Crippen molar-refractivity contribution < 1.29 is 14.0 Å². The standard InChI is InChI=1S/C18H24BNO4/c1-17(2)18(3,4)24-19(23-17)14-6-7-15-13(12-14)8-9-20(16(15)21)10-11-22-5/h6-9,12H,10-11H2,1-5H3. The van der Waals surface area contributed by atoms with E-state index in [-0.39, 0.29) is 16.8 Å². The molecule has 1 aliphatic rings. The summed E-state index contributed by atoms with van der Waals surface area (Å²) in [6.45, 7) is 9.18. The van der Waals surface area contributed by atoms with Crippen molar-refractivity contribution in [3.8, 4) is 0 Å². The molecule has 5 nitrogen and oxygen atoms in total. The summed E-state index contributed by atoms with van der Waals surface area (Å²) in [5.41, 5.74) is 0.159. The molecular formula is C18H24BNO4. The van der Waals surface area contributed by atoms with Crippen molar-refractivity contribution in [3.05, 3.63) is 40.8 Å². The second-order valence-electron chi connectivity index (χ2n) is 7.24. The molecule has 0 amide bonds. The van der Waals surface area contributed by atoms with E-state index in [1.165, 1.54) is 0 Å². The Labute approximate surface area is 142 Å². The predicted octanol–water partition coefficient (Wildman–Crippen LogP) is 1.95. The highest BCUT2D eigenvalue weighted by Gasteiger charge is 2.51. The Morgan fingerprint density at radius 2 is 1.79 bits per heavy atom. The number of fused-ring (bicyclic) bond motifs is 1. The van der Waals surface area contributed by atoms with Crippen LogP contribution >= 0.6 is 0 Å². The Morgan fingerprint density at radius 3 is 2.42 bits per heavy atom. The van der Waals surface area contributed by atoms with Gasteiger partial charge in [-0.15, -0.1) is 0 Å². The molecule has 24 heavy (non-hydrogen) atoms. The number of methoxy groups -OCH3 is 1. The lowest BCUT2D eigenvalue weighted by molar-refractivity contribution is 0.00578. The summed E-state index contributed by atoms with van der Waals surface area (Å²) in [6, 6.07) is 7.68. The zero-order chi connectivity index (χ0) is 17.5. The minimum Gasteiger partial charge on any atom is -0.399 e. The number of hydrogen-bond acceptors (Lipinski definition) is 4. The molecule has 1 aromatic heterocycles. The molecule has 3 rings (SSSR count). The van der Waals surface area contributed by atoms with Crippen molar-refractivity contribution in [2.45, 2.75) is 45.4 Å². The van der Waals surface area contributed by atoms with Gasteiger partial charge in [-0.2, -0.15) is 0 Å². The van der Waals surface area contributed by atoms with Crippen molar-refractivity contribution in [1.82, 2.24) is 4.57 Å². The number of ether oxygens (including phenoxy) is 1. The third-order valence-electron chi connectivity index (χ3n) is 5.06. The van der Waals surface area contributed by atoms with Gasteiger partial charge in [0, 0.05) is 25.2 Å². The predicted molar refractivity (Wildman–Crippen MR) is 95.8 cm³/mol. The Kier molecular flexibility index (Phi) is 4.32. The molecule has 1 aromatic carbocycles. The maximum absolute atomic E-state index is 12.5. The topological polar surface area (TPSA) is 49.7 Å². The fourth-order valence-electron chi connectivity index (χ4n) is 2.80. The Balaban J connectivity index is 1.95. The molecule has 0 bridgehead atoms. The maximum atomic E-state index is 12.5. The van der Waals surface area contributed by atoms with Gasteiger partial charge in [-0.3, -0.25) is 4.79 Å². The first-order valence-electron chi connectivity index (χ1n) is 8.23. The summed E-state index contributed by atoms with van der Waals surface area (Å²) in [6.07, 6.45) is 1.80. The molecule has 0 spiro atoms. The average Bonchev–Trinajstić information content (AvgIpc) is 2.74. The highest BCUT2D eigenvalue weighted by Crippen LogP contribution is 2.36. The van der Waals surface area contributed by atoms with E-state index in [9.17, 15) is 4.79 Å². The van der Waals surface area contributed by atoms with Crippen molar-refractivity contribution in [1.29, 1.82) is 0 Å². The summed E-state index contributed by atoms with van der Waals surface area (Å²) in [5.74, 6) is 0. The van der Waals surface area contributed by atoms with Gasteiger partial charge >= 0.3 is 7.12 Å². The molecule has 1 aliphatic heterocycles. The number of benzene rings is 1. The van der Waals surface area contributed by atoms with Crippen LogP contribution in [-0.2, 0) is 20.6 Å². The molecule has 1 fully saturated rings. The van der Waals surface area contributed by atoms with Gasteiger partial charge in [0.1, 0.15) is 0 Å². The van der Waals surface area contributed by atoms with Crippen molar-refractivity contribution in [2.75, 3.05) is 13.7 Å². The lowest BCUT2D eigenvalue weighted by Crippen LogP contribution is -2.41. The SMILES string of the molecule is COCCn1ccc2cc(B3OC(C)(C)C(C)(C)O3)ccc2c1=O. The minimum absolute atomic E-state index is 0.00924. The van der Waals surface area contributed by atoms with Crippen molar-refractivity contribution in [2.24, 2.45) is 0 Å². The van der Waals surface area contributed by atoms with Crippen LogP contribution in [0.5, 0.6) is 0 Å². The van der Waals surface area contributed by atoms with Crippen LogP contribution in [0.1, 0.15) is 27.7 Å². The molecule has 0 atom stereocenters. The first-order chi connectivity index (χ1) is 11.2. The second-order valence-corrected chi connectivity index (χ2v) is 7.24. The van der Waals surface area contributed by atoms with Crippen LogP contribution in [-0.4, -0.2) is 36.6 Å². The van der Waals surface area contributed by atoms with E-state index in [4.69, 9.17) is 14.0 Å². The fourth-order valence-corrected chi connectivity index (χ4v) is 2.80. The van der Waals surface area contributed by atoms with Crippen LogP contribution < -0.4 is 11.0 Å². The Morgan fingerprint density at radius 1 is 1.12 bits per heavy atom. The maximum Gasteiger partial charge on any atom is 0.494 e. The van der Waals surface area contributed by atoms with E-state index in [1.54, 1.807) is 17.9 Å². The highest BCUT2D eigenvalue weighted by atomic mass is 16.7. The first-order valence-corrected chi connectivity index (χ1v) is 8.23. The monoisotopic (exact) mass is 329 g/mol. The van der Waals surface area contributed by atoms with Gasteiger partial charge in [-0.1, -0.05) is 12.1 Å². The van der Waals surface area contributed by atoms with E-state index < -0.39 is 7.12 Å². The Hall–Kier alpha value is -1.63. The van der Waals surface area contributed by atoms with Crippen LogP contribution in [0.3, 0.4) is 0 Å². The lowest BCUT2D eigenvalue weighted by Gasteiger charge is -2.32. The number of rotatable bonds is 4. The Bertz CT molecular complexity index is 796. The molecule has 128 valence electrons. The van der Waals surface area contributed by atoms with E-state index >= 15 is 0 Å². The number of pyridine rings is 1. The third kappa shape index (κ3) is 2.90. The molecule has 0 saturated carbocycles. The molecule has 2 heterocycles. The molecule has 6 heteroatoms. The zero-order valence-electron chi connectivity index (χ0n) is 15.0. The van der Waals surface area contributed by atoms with E-state index in [0.29, 0.717) is 18.5 Å². The van der Waals surface area contributed by atoms with E-state index in [2.05, 4.69) is 0 Å². The molecule has 0 N–H and O–H groups in total. The number of nitrogens with zero attached hydrogens (tertiary/aromatic N) is 1. The quantitative estimate of drug-likeness (QED) is 0.805. The van der Waals surface area contributed by atoms with Crippen molar-refractivity contribution >= 4 is 23.4 Å². The normalized spacial score (nSPS) is 19.1. The summed E-state index contributed by atoms with van der Waals surface area (Å²) in [5, 5.41) is 1.58. The molecule has 2 aromatic rings. The fraction of sp³-hybridized carbons (Fsp3) is 0.500. The third-order valence-corrected chi connectivity index (χ3v) is 5.06.